The first-order chi connectivity index (χ1) is 11.7. The van der Waals surface area contributed by atoms with Gasteiger partial charge < -0.3 is 24.4 Å². The lowest BCUT2D eigenvalue weighted by Gasteiger charge is -2.37. The van der Waals surface area contributed by atoms with Crippen molar-refractivity contribution in [1.29, 1.82) is 0 Å². The minimum Gasteiger partial charge on any atom is -0.390 e. The van der Waals surface area contributed by atoms with E-state index >= 15 is 0 Å². The molecule has 1 aliphatic heterocycles. The van der Waals surface area contributed by atoms with Gasteiger partial charge in [0.1, 0.15) is 18.3 Å². The van der Waals surface area contributed by atoms with Gasteiger partial charge in [-0.3, -0.25) is 0 Å². The van der Waals surface area contributed by atoms with Crippen LogP contribution in [-0.4, -0.2) is 46.5 Å². The molecule has 0 unspecified atom stereocenters. The molecule has 24 heavy (non-hydrogen) atoms. The van der Waals surface area contributed by atoms with Gasteiger partial charge in [0, 0.05) is 19.3 Å². The summed E-state index contributed by atoms with van der Waals surface area (Å²) in [5, 5.41) is 20.8. The number of hydrogen-bond acceptors (Lipinski definition) is 5. The number of ether oxygens (including phenoxy) is 3. The second-order valence-corrected chi connectivity index (χ2v) is 7.27. The van der Waals surface area contributed by atoms with Crippen molar-refractivity contribution in [1.82, 2.24) is 0 Å². The summed E-state index contributed by atoms with van der Waals surface area (Å²) in [6, 6.07) is 9.89. The molecule has 1 heterocycles. The van der Waals surface area contributed by atoms with Crippen LogP contribution in [0.25, 0.3) is 0 Å². The Bertz CT molecular complexity index is 542. The number of aliphatic hydroxyl groups is 2. The van der Waals surface area contributed by atoms with Crippen LogP contribution in [0.5, 0.6) is 0 Å². The topological polar surface area (TPSA) is 68.2 Å². The number of rotatable bonds is 3. The molecule has 2 saturated carbocycles. The number of fused-ring (bicyclic) bond motifs is 1. The van der Waals surface area contributed by atoms with Crippen LogP contribution in [0.15, 0.2) is 30.3 Å². The van der Waals surface area contributed by atoms with Crippen molar-refractivity contribution in [3.8, 4) is 0 Å². The van der Waals surface area contributed by atoms with Gasteiger partial charge in [-0.25, -0.2) is 0 Å². The summed E-state index contributed by atoms with van der Waals surface area (Å²) >= 11 is 0. The fourth-order valence-electron chi connectivity index (χ4n) is 4.24. The normalized spacial score (nSPS) is 38.2. The van der Waals surface area contributed by atoms with Gasteiger partial charge in [0.25, 0.3) is 0 Å². The molecule has 1 aromatic rings. The van der Waals surface area contributed by atoms with E-state index in [9.17, 15) is 10.2 Å². The lowest BCUT2D eigenvalue weighted by Crippen LogP contribution is -2.55. The van der Waals surface area contributed by atoms with Crippen molar-refractivity contribution >= 4 is 0 Å². The molecule has 132 valence electrons. The standard InChI is InChI=1S/C19H26O5/c20-14-11-15(21)17-18(24-19(23-17)9-5-2-6-10-19)16(14)22-12-13-7-3-1-4-8-13/h1,3-4,7-8,14-18,20-21H,2,5-6,9-12H2/t14-,15+,16+,17+,18-/m1/s1. The average Bonchev–Trinajstić information content (AvgIpc) is 2.95. The molecule has 3 fully saturated rings. The second kappa shape index (κ2) is 6.73. The second-order valence-electron chi connectivity index (χ2n) is 7.27. The van der Waals surface area contributed by atoms with Gasteiger partial charge in [0.2, 0.25) is 0 Å². The van der Waals surface area contributed by atoms with Crippen molar-refractivity contribution in [2.24, 2.45) is 0 Å². The first-order valence-electron chi connectivity index (χ1n) is 9.04. The Morgan fingerprint density at radius 1 is 0.958 bits per heavy atom. The van der Waals surface area contributed by atoms with Crippen molar-refractivity contribution in [3.63, 3.8) is 0 Å². The molecule has 4 rings (SSSR count). The van der Waals surface area contributed by atoms with Gasteiger partial charge in [-0.05, 0) is 18.4 Å². The van der Waals surface area contributed by atoms with E-state index in [0.29, 0.717) is 6.61 Å². The Labute approximate surface area is 142 Å². The molecule has 3 aliphatic rings. The zero-order valence-corrected chi connectivity index (χ0v) is 13.8. The predicted octanol–water partition coefficient (Wildman–Crippen LogP) is 2.14. The lowest BCUT2D eigenvalue weighted by molar-refractivity contribution is -0.206. The monoisotopic (exact) mass is 334 g/mol. The van der Waals surface area contributed by atoms with Crippen molar-refractivity contribution in [2.75, 3.05) is 0 Å². The minimum atomic E-state index is -0.743. The van der Waals surface area contributed by atoms with E-state index in [-0.39, 0.29) is 6.42 Å². The zero-order chi connectivity index (χ0) is 16.6. The van der Waals surface area contributed by atoms with E-state index in [4.69, 9.17) is 14.2 Å². The van der Waals surface area contributed by atoms with E-state index in [2.05, 4.69) is 0 Å². The van der Waals surface area contributed by atoms with Gasteiger partial charge in [0.05, 0.1) is 18.8 Å². The first kappa shape index (κ1) is 16.5. The third kappa shape index (κ3) is 3.11. The van der Waals surface area contributed by atoms with Crippen LogP contribution in [0.2, 0.25) is 0 Å². The molecular formula is C19H26O5. The van der Waals surface area contributed by atoms with Crippen LogP contribution in [0, 0.1) is 0 Å². The first-order valence-corrected chi connectivity index (χ1v) is 9.04. The average molecular weight is 334 g/mol. The summed E-state index contributed by atoms with van der Waals surface area (Å²) in [6.45, 7) is 0.415. The maximum Gasteiger partial charge on any atom is 0.169 e. The molecule has 0 bridgehead atoms. The van der Waals surface area contributed by atoms with Crippen molar-refractivity contribution in [2.45, 2.75) is 81.4 Å². The van der Waals surface area contributed by atoms with Crippen LogP contribution in [0.1, 0.15) is 44.1 Å². The molecule has 1 saturated heterocycles. The lowest BCUT2D eigenvalue weighted by atomic mass is 9.87. The number of benzene rings is 1. The molecule has 5 nitrogen and oxygen atoms in total. The fourth-order valence-corrected chi connectivity index (χ4v) is 4.24. The van der Waals surface area contributed by atoms with Crippen LogP contribution in [-0.2, 0) is 20.8 Å². The maximum absolute atomic E-state index is 10.4. The van der Waals surface area contributed by atoms with E-state index in [1.807, 2.05) is 30.3 Å². The van der Waals surface area contributed by atoms with Crippen LogP contribution in [0.3, 0.4) is 0 Å². The number of aliphatic hydroxyl groups excluding tert-OH is 2. The summed E-state index contributed by atoms with van der Waals surface area (Å²) in [6.07, 6.45) is 2.58. The molecule has 5 atom stereocenters. The Morgan fingerprint density at radius 2 is 1.67 bits per heavy atom. The Hall–Kier alpha value is -0.980. The van der Waals surface area contributed by atoms with Gasteiger partial charge in [-0.15, -0.1) is 0 Å². The quantitative estimate of drug-likeness (QED) is 0.886. The molecule has 1 aromatic carbocycles. The summed E-state index contributed by atoms with van der Waals surface area (Å²) in [5.41, 5.74) is 1.05. The molecule has 2 aliphatic carbocycles. The molecule has 0 aromatic heterocycles. The highest BCUT2D eigenvalue weighted by Gasteiger charge is 2.57. The molecule has 1 spiro atoms. The Morgan fingerprint density at radius 3 is 2.42 bits per heavy atom. The Kier molecular flexibility index (Phi) is 4.62. The Balaban J connectivity index is 1.48. The van der Waals surface area contributed by atoms with Crippen LogP contribution in [0.4, 0.5) is 0 Å². The molecular weight excluding hydrogens is 308 g/mol. The zero-order valence-electron chi connectivity index (χ0n) is 13.8. The highest BCUT2D eigenvalue weighted by molar-refractivity contribution is 5.13. The smallest absolute Gasteiger partial charge is 0.169 e. The van der Waals surface area contributed by atoms with E-state index < -0.39 is 36.3 Å². The van der Waals surface area contributed by atoms with Crippen molar-refractivity contribution in [3.05, 3.63) is 35.9 Å². The summed E-state index contributed by atoms with van der Waals surface area (Å²) in [5.74, 6) is -0.590. The SMILES string of the molecule is O[C@@H]1C[C@H](O)[C@@H]2OC3(CCCCC3)O[C@@H]2[C@H]1OCc1ccccc1. The summed E-state index contributed by atoms with van der Waals surface area (Å²) in [4.78, 5) is 0. The van der Waals surface area contributed by atoms with Crippen molar-refractivity contribution < 1.29 is 24.4 Å². The van der Waals surface area contributed by atoms with E-state index in [1.54, 1.807) is 0 Å². The largest absolute Gasteiger partial charge is 0.390 e. The summed E-state index contributed by atoms with van der Waals surface area (Å²) in [7, 11) is 0. The van der Waals surface area contributed by atoms with Crippen LogP contribution < -0.4 is 0 Å². The van der Waals surface area contributed by atoms with Gasteiger partial charge in [-0.1, -0.05) is 36.8 Å². The molecule has 2 N–H and O–H groups in total. The van der Waals surface area contributed by atoms with Crippen LogP contribution >= 0.6 is 0 Å². The highest BCUT2D eigenvalue weighted by Crippen LogP contribution is 2.45. The van der Waals surface area contributed by atoms with E-state index in [0.717, 1.165) is 31.2 Å². The summed E-state index contributed by atoms with van der Waals surface area (Å²) < 4.78 is 18.5. The van der Waals surface area contributed by atoms with E-state index in [1.165, 1.54) is 6.42 Å². The third-order valence-electron chi connectivity index (χ3n) is 5.49. The predicted molar refractivity (Wildman–Crippen MR) is 87.2 cm³/mol. The maximum atomic E-state index is 10.4. The fraction of sp³-hybridized carbons (Fsp3) is 0.684. The van der Waals surface area contributed by atoms with Gasteiger partial charge in [0.15, 0.2) is 5.79 Å². The minimum absolute atomic E-state index is 0.264. The van der Waals surface area contributed by atoms with Gasteiger partial charge >= 0.3 is 0 Å². The molecule has 5 heteroatoms. The molecule has 0 amide bonds. The molecule has 0 radical (unpaired) electrons. The highest BCUT2D eigenvalue weighted by atomic mass is 16.8. The number of hydrogen-bond donors (Lipinski definition) is 2. The third-order valence-corrected chi connectivity index (χ3v) is 5.49. The van der Waals surface area contributed by atoms with Gasteiger partial charge in [-0.2, -0.15) is 0 Å².